The summed E-state index contributed by atoms with van der Waals surface area (Å²) in [4.78, 5) is 2.49. The lowest BCUT2D eigenvalue weighted by molar-refractivity contribution is 0.354. The van der Waals surface area contributed by atoms with Crippen molar-refractivity contribution >= 4 is 5.69 Å². The van der Waals surface area contributed by atoms with E-state index in [9.17, 15) is 0 Å². The van der Waals surface area contributed by atoms with Gasteiger partial charge in [-0.25, -0.2) is 0 Å². The number of hydrogen-bond acceptors (Lipinski definition) is 4. The predicted octanol–water partition coefficient (Wildman–Crippen LogP) is 3.98. The molecule has 1 aliphatic heterocycles. The SMILES string of the molecule is COc1ccc(CNCc2ccc(N3CCCCC3)cc2)cc1OC. The maximum absolute atomic E-state index is 5.35. The number of anilines is 1. The first-order valence-corrected chi connectivity index (χ1v) is 9.05. The minimum atomic E-state index is 0.763. The van der Waals surface area contributed by atoms with Crippen LogP contribution in [0, 0.1) is 0 Å². The first kappa shape index (κ1) is 17.6. The molecule has 1 heterocycles. The van der Waals surface area contributed by atoms with Crippen LogP contribution in [0.4, 0.5) is 5.69 Å². The Labute approximate surface area is 150 Å². The predicted molar refractivity (Wildman–Crippen MR) is 103 cm³/mol. The summed E-state index contributed by atoms with van der Waals surface area (Å²) < 4.78 is 10.6. The van der Waals surface area contributed by atoms with Crippen molar-refractivity contribution in [1.29, 1.82) is 0 Å². The molecule has 0 aromatic heterocycles. The fourth-order valence-corrected chi connectivity index (χ4v) is 3.32. The number of piperidine rings is 1. The van der Waals surface area contributed by atoms with Gasteiger partial charge in [0.05, 0.1) is 14.2 Å². The van der Waals surface area contributed by atoms with Gasteiger partial charge >= 0.3 is 0 Å². The highest BCUT2D eigenvalue weighted by Crippen LogP contribution is 2.27. The molecule has 2 aromatic rings. The Balaban J connectivity index is 1.52. The highest BCUT2D eigenvalue weighted by Gasteiger charge is 2.10. The molecule has 0 unspecified atom stereocenters. The summed E-state index contributed by atoms with van der Waals surface area (Å²) in [6, 6.07) is 15.0. The monoisotopic (exact) mass is 340 g/mol. The van der Waals surface area contributed by atoms with Crippen LogP contribution in [-0.4, -0.2) is 27.3 Å². The smallest absolute Gasteiger partial charge is 0.161 e. The minimum Gasteiger partial charge on any atom is -0.493 e. The normalized spacial score (nSPS) is 14.4. The van der Waals surface area contributed by atoms with Gasteiger partial charge in [0, 0.05) is 31.9 Å². The van der Waals surface area contributed by atoms with Gasteiger partial charge in [-0.3, -0.25) is 0 Å². The molecule has 0 bridgehead atoms. The quantitative estimate of drug-likeness (QED) is 0.826. The fraction of sp³-hybridized carbons (Fsp3) is 0.429. The van der Waals surface area contributed by atoms with Crippen molar-refractivity contribution in [1.82, 2.24) is 5.32 Å². The van der Waals surface area contributed by atoms with Crippen molar-refractivity contribution in [2.75, 3.05) is 32.2 Å². The van der Waals surface area contributed by atoms with E-state index in [4.69, 9.17) is 9.47 Å². The largest absolute Gasteiger partial charge is 0.493 e. The fourth-order valence-electron chi connectivity index (χ4n) is 3.32. The van der Waals surface area contributed by atoms with Crippen molar-refractivity contribution in [2.45, 2.75) is 32.4 Å². The maximum atomic E-state index is 5.35. The second-order valence-electron chi connectivity index (χ2n) is 6.51. The molecule has 1 N–H and O–H groups in total. The molecule has 0 aliphatic carbocycles. The van der Waals surface area contributed by atoms with E-state index in [2.05, 4.69) is 40.5 Å². The molecular formula is C21H28N2O2. The lowest BCUT2D eigenvalue weighted by atomic mass is 10.1. The number of ether oxygens (including phenoxy) is 2. The van der Waals surface area contributed by atoms with Crippen molar-refractivity contribution in [3.05, 3.63) is 53.6 Å². The second kappa shape index (κ2) is 8.77. The zero-order valence-corrected chi connectivity index (χ0v) is 15.3. The van der Waals surface area contributed by atoms with Crippen molar-refractivity contribution in [3.8, 4) is 11.5 Å². The highest BCUT2D eigenvalue weighted by molar-refractivity contribution is 5.48. The Morgan fingerprint density at radius 3 is 2.12 bits per heavy atom. The van der Waals surface area contributed by atoms with E-state index in [0.717, 1.165) is 24.6 Å². The Morgan fingerprint density at radius 2 is 1.44 bits per heavy atom. The van der Waals surface area contributed by atoms with Crippen LogP contribution in [0.1, 0.15) is 30.4 Å². The van der Waals surface area contributed by atoms with Gasteiger partial charge in [0.25, 0.3) is 0 Å². The average Bonchev–Trinajstić information content (AvgIpc) is 2.69. The van der Waals surface area contributed by atoms with E-state index in [1.807, 2.05) is 12.1 Å². The Morgan fingerprint density at radius 1 is 0.800 bits per heavy atom. The van der Waals surface area contributed by atoms with E-state index in [-0.39, 0.29) is 0 Å². The summed E-state index contributed by atoms with van der Waals surface area (Å²) in [5, 5.41) is 3.50. The van der Waals surface area contributed by atoms with E-state index in [1.54, 1.807) is 14.2 Å². The maximum Gasteiger partial charge on any atom is 0.161 e. The van der Waals surface area contributed by atoms with Gasteiger partial charge in [-0.2, -0.15) is 0 Å². The van der Waals surface area contributed by atoms with Gasteiger partial charge in [0.1, 0.15) is 0 Å². The van der Waals surface area contributed by atoms with E-state index < -0.39 is 0 Å². The van der Waals surface area contributed by atoms with Crippen LogP contribution in [0.25, 0.3) is 0 Å². The summed E-state index contributed by atoms with van der Waals surface area (Å²) in [6.07, 6.45) is 4.00. The molecule has 2 aromatic carbocycles. The van der Waals surface area contributed by atoms with Crippen LogP contribution < -0.4 is 19.7 Å². The number of nitrogens with zero attached hydrogens (tertiary/aromatic N) is 1. The molecular weight excluding hydrogens is 312 g/mol. The molecule has 4 heteroatoms. The van der Waals surface area contributed by atoms with Crippen LogP contribution in [0.2, 0.25) is 0 Å². The molecule has 0 atom stereocenters. The zero-order valence-electron chi connectivity index (χ0n) is 15.3. The third kappa shape index (κ3) is 4.67. The molecule has 0 radical (unpaired) electrons. The van der Waals surface area contributed by atoms with Gasteiger partial charge in [0.2, 0.25) is 0 Å². The van der Waals surface area contributed by atoms with Crippen molar-refractivity contribution < 1.29 is 9.47 Å². The summed E-state index contributed by atoms with van der Waals surface area (Å²) in [5.41, 5.74) is 3.84. The Bertz CT molecular complexity index is 664. The molecule has 25 heavy (non-hydrogen) atoms. The van der Waals surface area contributed by atoms with Crippen LogP contribution >= 0.6 is 0 Å². The zero-order chi connectivity index (χ0) is 17.5. The van der Waals surface area contributed by atoms with Crippen LogP contribution in [0.5, 0.6) is 11.5 Å². The van der Waals surface area contributed by atoms with E-state index in [1.165, 1.54) is 49.2 Å². The number of nitrogens with one attached hydrogen (secondary N) is 1. The number of rotatable bonds is 7. The molecule has 0 spiro atoms. The molecule has 134 valence electrons. The first-order chi connectivity index (χ1) is 12.3. The van der Waals surface area contributed by atoms with Crippen LogP contribution in [-0.2, 0) is 13.1 Å². The lowest BCUT2D eigenvalue weighted by Gasteiger charge is -2.28. The van der Waals surface area contributed by atoms with Gasteiger partial charge < -0.3 is 19.7 Å². The number of methoxy groups -OCH3 is 2. The summed E-state index contributed by atoms with van der Waals surface area (Å²) in [7, 11) is 3.32. The van der Waals surface area contributed by atoms with Crippen LogP contribution in [0.3, 0.4) is 0 Å². The molecule has 1 saturated heterocycles. The molecule has 0 saturated carbocycles. The summed E-state index contributed by atoms with van der Waals surface area (Å²) >= 11 is 0. The third-order valence-corrected chi connectivity index (χ3v) is 4.76. The topological polar surface area (TPSA) is 33.7 Å². The standard InChI is InChI=1S/C21H28N2O2/c1-24-20-11-8-18(14-21(20)25-2)16-22-15-17-6-9-19(10-7-17)23-12-4-3-5-13-23/h6-11,14,22H,3-5,12-13,15-16H2,1-2H3. The van der Waals surface area contributed by atoms with Gasteiger partial charge in [-0.05, 0) is 54.7 Å². The summed E-state index contributed by atoms with van der Waals surface area (Å²) in [6.45, 7) is 4.04. The molecule has 3 rings (SSSR count). The molecule has 1 aliphatic rings. The molecule has 1 fully saturated rings. The minimum absolute atomic E-state index is 0.763. The van der Waals surface area contributed by atoms with Crippen molar-refractivity contribution in [3.63, 3.8) is 0 Å². The third-order valence-electron chi connectivity index (χ3n) is 4.76. The van der Waals surface area contributed by atoms with Gasteiger partial charge in [-0.15, -0.1) is 0 Å². The van der Waals surface area contributed by atoms with Gasteiger partial charge in [0.15, 0.2) is 11.5 Å². The summed E-state index contributed by atoms with van der Waals surface area (Å²) in [5.74, 6) is 1.53. The van der Waals surface area contributed by atoms with Crippen molar-refractivity contribution in [2.24, 2.45) is 0 Å². The van der Waals surface area contributed by atoms with Gasteiger partial charge in [-0.1, -0.05) is 18.2 Å². The Hall–Kier alpha value is -2.20. The lowest BCUT2D eigenvalue weighted by Crippen LogP contribution is -2.29. The van der Waals surface area contributed by atoms with E-state index in [0.29, 0.717) is 0 Å². The number of hydrogen-bond donors (Lipinski definition) is 1. The molecule has 0 amide bonds. The highest BCUT2D eigenvalue weighted by atomic mass is 16.5. The van der Waals surface area contributed by atoms with E-state index >= 15 is 0 Å². The number of benzene rings is 2. The van der Waals surface area contributed by atoms with Crippen LogP contribution in [0.15, 0.2) is 42.5 Å². The average molecular weight is 340 g/mol. The first-order valence-electron chi connectivity index (χ1n) is 9.05. The molecule has 4 nitrogen and oxygen atoms in total. The Kier molecular flexibility index (Phi) is 6.18. The second-order valence-corrected chi connectivity index (χ2v) is 6.51.